The Bertz CT molecular complexity index is 1840. The number of hydrogen-bond acceptors (Lipinski definition) is 11. The van der Waals surface area contributed by atoms with E-state index in [1.807, 2.05) is 44.2 Å². The summed E-state index contributed by atoms with van der Waals surface area (Å²) in [5, 5.41) is 25.6. The lowest BCUT2D eigenvalue weighted by Gasteiger charge is -2.26. The zero-order valence-electron chi connectivity index (χ0n) is 35.6. The summed E-state index contributed by atoms with van der Waals surface area (Å²) in [6.07, 6.45) is 1.52. The van der Waals surface area contributed by atoms with Crippen molar-refractivity contribution in [3.63, 3.8) is 0 Å². The Morgan fingerprint density at radius 3 is 2.05 bits per heavy atom. The summed E-state index contributed by atoms with van der Waals surface area (Å²) in [5.74, 6) is -0.513. The van der Waals surface area contributed by atoms with Gasteiger partial charge in [0.1, 0.15) is 35.1 Å². The van der Waals surface area contributed by atoms with E-state index in [4.69, 9.17) is 25.5 Å². The van der Waals surface area contributed by atoms with Gasteiger partial charge in [-0.25, -0.2) is 9.59 Å². The Morgan fingerprint density at radius 2 is 1.42 bits per heavy atom. The molecule has 0 saturated carbocycles. The molecule has 0 bridgehead atoms. The van der Waals surface area contributed by atoms with Gasteiger partial charge in [0.25, 0.3) is 0 Å². The molecule has 9 N–H and O–H groups in total. The van der Waals surface area contributed by atoms with Crippen LogP contribution in [0.1, 0.15) is 120 Å². The number of alkyl carbamates (subject to hydrolysis) is 2. The number of amides is 4. The molecule has 59 heavy (non-hydrogen) atoms. The van der Waals surface area contributed by atoms with Crippen LogP contribution in [-0.4, -0.2) is 81.6 Å². The van der Waals surface area contributed by atoms with Crippen LogP contribution in [0.4, 0.5) is 9.59 Å². The number of ether oxygens (including phenoxy) is 2. The number of nitrogens with one attached hydrogen (secondary N) is 4. The van der Waals surface area contributed by atoms with Gasteiger partial charge in [-0.15, -0.1) is 0 Å². The molecule has 1 heterocycles. The van der Waals surface area contributed by atoms with E-state index in [1.165, 1.54) is 0 Å². The average Bonchev–Trinajstić information content (AvgIpc) is 3.58. The van der Waals surface area contributed by atoms with Crippen LogP contribution in [0.2, 0.25) is 0 Å². The molecule has 4 amide bonds. The van der Waals surface area contributed by atoms with Crippen LogP contribution in [0.5, 0.6) is 5.75 Å². The summed E-state index contributed by atoms with van der Waals surface area (Å²) in [5.41, 5.74) is 13.0. The first kappa shape index (κ1) is 47.5. The van der Waals surface area contributed by atoms with E-state index in [9.17, 15) is 24.3 Å². The number of nitrogens with two attached hydrogens (primary N) is 2. The second kappa shape index (κ2) is 22.3. The normalized spacial score (nSPS) is 13.0. The summed E-state index contributed by atoms with van der Waals surface area (Å²) in [6, 6.07) is 9.97. The fourth-order valence-electron chi connectivity index (χ4n) is 6.18. The Morgan fingerprint density at radius 1 is 0.814 bits per heavy atom. The minimum atomic E-state index is -1.10. The van der Waals surface area contributed by atoms with Crippen LogP contribution in [-0.2, 0) is 31.9 Å². The Labute approximate surface area is 346 Å². The van der Waals surface area contributed by atoms with Gasteiger partial charge in [0.15, 0.2) is 11.8 Å². The number of carbonyl (C=O) groups is 4. The minimum Gasteiger partial charge on any atom is -0.508 e. The number of guanidine groups is 1. The molecule has 0 unspecified atom stereocenters. The molecular weight excluding hydrogens is 759 g/mol. The predicted molar refractivity (Wildman–Crippen MR) is 223 cm³/mol. The van der Waals surface area contributed by atoms with E-state index in [-0.39, 0.29) is 37.0 Å². The van der Waals surface area contributed by atoms with Gasteiger partial charge in [-0.3, -0.25) is 14.6 Å². The van der Waals surface area contributed by atoms with E-state index >= 15 is 0 Å². The monoisotopic (exact) mass is 821 g/mol. The quantitative estimate of drug-likeness (QED) is 0.0456. The maximum absolute atomic E-state index is 14.4. The molecule has 0 aliphatic carbocycles. The van der Waals surface area contributed by atoms with E-state index in [0.717, 1.165) is 22.3 Å². The number of carbonyl (C=O) groups excluding carboxylic acids is 4. The van der Waals surface area contributed by atoms with Gasteiger partial charge >= 0.3 is 12.2 Å². The first-order valence-electron chi connectivity index (χ1n) is 20.0. The third kappa shape index (κ3) is 18.1. The Hall–Kier alpha value is -5.87. The standard InChI is InChI=1S/C42H63N9O8/c1-26-23-29(52)24-27(2)30(26)19-20-32(47-35(53)31(18-14-22-45-38(43)44)49-40(56)58-42(6,7)8)36(54)48-33(17-12-13-21-46-39(55)57-41(3,4)5)37-50-34(51-59-37)25-28-15-10-9-11-16-28/h9-11,15-16,23-24,31-33,52H,12-14,17-22,25H2,1-8H3,(H,46,55)(H,47,53)(H,48,54)(H,49,56)(H4,43,44,45)/t31-,32-,33+/m1/s1. The maximum atomic E-state index is 14.4. The van der Waals surface area contributed by atoms with Gasteiger partial charge in [-0.1, -0.05) is 35.5 Å². The number of benzene rings is 2. The molecule has 324 valence electrons. The molecule has 17 heteroatoms. The highest BCUT2D eigenvalue weighted by molar-refractivity contribution is 5.91. The first-order chi connectivity index (χ1) is 27.7. The number of aromatic nitrogens is 2. The minimum absolute atomic E-state index is 0.107. The number of unbranched alkanes of at least 4 members (excludes halogenated alkanes) is 1. The van der Waals surface area contributed by atoms with Crippen molar-refractivity contribution in [3.8, 4) is 5.75 Å². The summed E-state index contributed by atoms with van der Waals surface area (Å²) in [6.45, 7) is 14.7. The van der Waals surface area contributed by atoms with Crippen molar-refractivity contribution in [1.82, 2.24) is 31.4 Å². The highest BCUT2D eigenvalue weighted by Gasteiger charge is 2.31. The predicted octanol–water partition coefficient (Wildman–Crippen LogP) is 4.90. The molecule has 0 spiro atoms. The molecule has 0 radical (unpaired) electrons. The zero-order valence-corrected chi connectivity index (χ0v) is 35.6. The largest absolute Gasteiger partial charge is 0.508 e. The van der Waals surface area contributed by atoms with Crippen LogP contribution in [0.15, 0.2) is 52.0 Å². The lowest BCUT2D eigenvalue weighted by atomic mass is 9.95. The molecule has 0 aliphatic heterocycles. The lowest BCUT2D eigenvalue weighted by Crippen LogP contribution is -2.54. The fourth-order valence-corrected chi connectivity index (χ4v) is 6.18. The number of aromatic hydroxyl groups is 1. The second-order valence-electron chi connectivity index (χ2n) is 16.5. The van der Waals surface area contributed by atoms with Gasteiger partial charge in [-0.2, -0.15) is 4.98 Å². The van der Waals surface area contributed by atoms with Crippen LogP contribution in [0.3, 0.4) is 0 Å². The van der Waals surface area contributed by atoms with Crippen LogP contribution in [0.25, 0.3) is 0 Å². The Kier molecular flexibility index (Phi) is 18.0. The SMILES string of the molecule is Cc1cc(O)cc(C)c1CC[C@@H](NC(=O)[C@@H](CCCN=C(N)N)NC(=O)OC(C)(C)C)C(=O)N[C@@H](CCCCNC(=O)OC(C)(C)C)c1nc(Cc2ccccc2)no1. The molecule has 1 aromatic heterocycles. The topological polar surface area (TPSA) is 258 Å². The molecule has 17 nitrogen and oxygen atoms in total. The van der Waals surface area contributed by atoms with Crippen molar-refractivity contribution in [2.45, 2.75) is 136 Å². The van der Waals surface area contributed by atoms with Gasteiger partial charge in [0, 0.05) is 19.5 Å². The number of phenolic OH excluding ortho intramolecular Hbond substituents is 1. The van der Waals surface area contributed by atoms with Gasteiger partial charge in [0.05, 0.1) is 0 Å². The number of aliphatic imine (C=N–C) groups is 1. The molecule has 0 fully saturated rings. The highest BCUT2D eigenvalue weighted by Crippen LogP contribution is 2.24. The van der Waals surface area contributed by atoms with E-state index in [1.54, 1.807) is 53.7 Å². The van der Waals surface area contributed by atoms with E-state index in [2.05, 4.69) is 36.4 Å². The third-order valence-corrected chi connectivity index (χ3v) is 8.84. The van der Waals surface area contributed by atoms with Crippen molar-refractivity contribution in [1.29, 1.82) is 0 Å². The van der Waals surface area contributed by atoms with Crippen molar-refractivity contribution >= 4 is 30.0 Å². The molecule has 3 aromatic rings. The summed E-state index contributed by atoms with van der Waals surface area (Å²) in [4.78, 5) is 62.1. The molecule has 0 saturated heterocycles. The molecule has 3 atom stereocenters. The molecule has 0 aliphatic rings. The summed E-state index contributed by atoms with van der Waals surface area (Å²) in [7, 11) is 0. The summed E-state index contributed by atoms with van der Waals surface area (Å²) >= 11 is 0. The van der Waals surface area contributed by atoms with Crippen molar-refractivity contribution in [2.75, 3.05) is 13.1 Å². The first-order valence-corrected chi connectivity index (χ1v) is 20.0. The highest BCUT2D eigenvalue weighted by atomic mass is 16.6. The lowest BCUT2D eigenvalue weighted by molar-refractivity contribution is -0.130. The maximum Gasteiger partial charge on any atom is 0.408 e. The smallest absolute Gasteiger partial charge is 0.408 e. The molecule has 3 rings (SSSR count). The number of nitrogens with zero attached hydrogens (tertiary/aromatic N) is 3. The van der Waals surface area contributed by atoms with Crippen LogP contribution in [0, 0.1) is 13.8 Å². The molecule has 2 aromatic carbocycles. The van der Waals surface area contributed by atoms with Crippen LogP contribution >= 0.6 is 0 Å². The summed E-state index contributed by atoms with van der Waals surface area (Å²) < 4.78 is 16.5. The number of rotatable bonds is 20. The van der Waals surface area contributed by atoms with Crippen molar-refractivity contribution in [2.24, 2.45) is 16.5 Å². The zero-order chi connectivity index (χ0) is 43.8. The average molecular weight is 822 g/mol. The van der Waals surface area contributed by atoms with E-state index in [0.29, 0.717) is 50.9 Å². The van der Waals surface area contributed by atoms with Crippen LogP contribution < -0.4 is 32.7 Å². The van der Waals surface area contributed by atoms with Crippen molar-refractivity contribution < 1.29 is 38.3 Å². The van der Waals surface area contributed by atoms with Gasteiger partial charge in [0.2, 0.25) is 17.7 Å². The second-order valence-corrected chi connectivity index (χ2v) is 16.5. The van der Waals surface area contributed by atoms with Crippen molar-refractivity contribution in [3.05, 3.63) is 76.4 Å². The Balaban J connectivity index is 1.90. The number of hydrogen-bond donors (Lipinski definition) is 7. The van der Waals surface area contributed by atoms with E-state index < -0.39 is 53.3 Å². The number of aryl methyl sites for hydroxylation is 2. The van der Waals surface area contributed by atoms with Gasteiger partial charge < -0.3 is 51.8 Å². The van der Waals surface area contributed by atoms with Gasteiger partial charge in [-0.05, 0) is 135 Å². The fraction of sp³-hybridized carbons (Fsp3) is 0.548. The molecular formula is C42H63N9O8. The third-order valence-electron chi connectivity index (χ3n) is 8.84. The number of phenols is 1.